The van der Waals surface area contributed by atoms with Crippen LogP contribution >= 0.6 is 0 Å². The summed E-state index contributed by atoms with van der Waals surface area (Å²) in [5, 5.41) is 11.8. The van der Waals surface area contributed by atoms with Crippen LogP contribution in [0.3, 0.4) is 0 Å². The standard InChI is InChI=1S/C13H20N2O4S/c1-20(18,19)9-7-12(14)13(17)15-8-6-10-2-4-11(16)5-3-10/h2-5,12,16H,6-9,14H2,1H3,(H,15,17). The van der Waals surface area contributed by atoms with Crippen LogP contribution in [-0.4, -0.2) is 44.0 Å². The highest BCUT2D eigenvalue weighted by molar-refractivity contribution is 7.90. The molecule has 20 heavy (non-hydrogen) atoms. The van der Waals surface area contributed by atoms with Crippen LogP contribution in [0.2, 0.25) is 0 Å². The molecule has 1 aromatic rings. The van der Waals surface area contributed by atoms with E-state index in [1.165, 1.54) is 0 Å². The third-order valence-electron chi connectivity index (χ3n) is 2.79. The quantitative estimate of drug-likeness (QED) is 0.647. The number of aromatic hydroxyl groups is 1. The normalized spacial score (nSPS) is 12.9. The molecule has 0 aromatic heterocycles. The number of nitrogens with two attached hydrogens (primary N) is 1. The Balaban J connectivity index is 2.30. The second kappa shape index (κ2) is 7.25. The molecule has 6 nitrogen and oxygen atoms in total. The molecule has 0 aliphatic carbocycles. The molecule has 0 saturated heterocycles. The Bertz CT molecular complexity index is 540. The molecule has 1 rings (SSSR count). The van der Waals surface area contributed by atoms with Crippen molar-refractivity contribution < 1.29 is 18.3 Å². The number of hydrogen-bond acceptors (Lipinski definition) is 5. The van der Waals surface area contributed by atoms with Gasteiger partial charge >= 0.3 is 0 Å². The van der Waals surface area contributed by atoms with Gasteiger partial charge in [0.25, 0.3) is 0 Å². The Hall–Kier alpha value is -1.60. The molecule has 1 atom stereocenters. The fourth-order valence-electron chi connectivity index (χ4n) is 1.60. The Morgan fingerprint density at radius 1 is 1.35 bits per heavy atom. The smallest absolute Gasteiger partial charge is 0.236 e. The third kappa shape index (κ3) is 6.53. The molecular formula is C13H20N2O4S. The molecule has 0 aliphatic rings. The molecule has 4 N–H and O–H groups in total. The Labute approximate surface area is 118 Å². The predicted octanol–water partition coefficient (Wildman–Crippen LogP) is -0.187. The van der Waals surface area contributed by atoms with Gasteiger partial charge < -0.3 is 16.2 Å². The summed E-state index contributed by atoms with van der Waals surface area (Å²) in [6.45, 7) is 0.413. The SMILES string of the molecule is CS(=O)(=O)CCC(N)C(=O)NCCc1ccc(O)cc1. The number of rotatable bonds is 7. The van der Waals surface area contributed by atoms with E-state index in [0.29, 0.717) is 13.0 Å². The van der Waals surface area contributed by atoms with Gasteiger partial charge in [0.1, 0.15) is 15.6 Å². The molecule has 0 bridgehead atoms. The first-order valence-corrected chi connectivity index (χ1v) is 8.33. The van der Waals surface area contributed by atoms with Gasteiger partial charge in [-0.3, -0.25) is 4.79 Å². The number of carbonyl (C=O) groups excluding carboxylic acids is 1. The fraction of sp³-hybridized carbons (Fsp3) is 0.462. The zero-order valence-electron chi connectivity index (χ0n) is 11.4. The second-order valence-electron chi connectivity index (χ2n) is 4.73. The first-order chi connectivity index (χ1) is 9.28. The molecule has 0 aliphatic heterocycles. The van der Waals surface area contributed by atoms with Crippen LogP contribution in [0.5, 0.6) is 5.75 Å². The van der Waals surface area contributed by atoms with Crippen LogP contribution in [0.25, 0.3) is 0 Å². The summed E-state index contributed by atoms with van der Waals surface area (Å²) >= 11 is 0. The van der Waals surface area contributed by atoms with Crippen molar-refractivity contribution in [3.8, 4) is 5.75 Å². The number of nitrogens with one attached hydrogen (secondary N) is 1. The van der Waals surface area contributed by atoms with Crippen LogP contribution < -0.4 is 11.1 Å². The van der Waals surface area contributed by atoms with E-state index in [-0.39, 0.29) is 23.8 Å². The molecule has 1 amide bonds. The number of phenolic OH excluding ortho intramolecular Hbond substituents is 1. The number of phenols is 1. The van der Waals surface area contributed by atoms with Crippen molar-refractivity contribution in [3.63, 3.8) is 0 Å². The number of amides is 1. The predicted molar refractivity (Wildman–Crippen MR) is 77.1 cm³/mol. The van der Waals surface area contributed by atoms with E-state index in [4.69, 9.17) is 10.8 Å². The van der Waals surface area contributed by atoms with Crippen molar-refractivity contribution in [1.82, 2.24) is 5.32 Å². The van der Waals surface area contributed by atoms with Gasteiger partial charge in [-0.2, -0.15) is 0 Å². The molecule has 7 heteroatoms. The van der Waals surface area contributed by atoms with Crippen molar-refractivity contribution in [2.24, 2.45) is 5.73 Å². The second-order valence-corrected chi connectivity index (χ2v) is 6.99. The minimum atomic E-state index is -3.10. The number of carbonyl (C=O) groups is 1. The van der Waals surface area contributed by atoms with Gasteiger partial charge in [0.05, 0.1) is 11.8 Å². The van der Waals surface area contributed by atoms with Gasteiger partial charge in [-0.25, -0.2) is 8.42 Å². The number of benzene rings is 1. The van der Waals surface area contributed by atoms with E-state index < -0.39 is 15.9 Å². The summed E-state index contributed by atoms with van der Waals surface area (Å²) in [5.41, 5.74) is 6.59. The van der Waals surface area contributed by atoms with Crippen molar-refractivity contribution in [3.05, 3.63) is 29.8 Å². The third-order valence-corrected chi connectivity index (χ3v) is 3.76. The molecule has 1 unspecified atom stereocenters. The molecular weight excluding hydrogens is 280 g/mol. The van der Waals surface area contributed by atoms with E-state index >= 15 is 0 Å². The maximum absolute atomic E-state index is 11.6. The molecule has 0 spiro atoms. The summed E-state index contributed by atoms with van der Waals surface area (Å²) in [4.78, 5) is 11.6. The zero-order valence-corrected chi connectivity index (χ0v) is 12.2. The highest BCUT2D eigenvalue weighted by Crippen LogP contribution is 2.09. The van der Waals surface area contributed by atoms with Crippen LogP contribution in [0, 0.1) is 0 Å². The van der Waals surface area contributed by atoms with Crippen molar-refractivity contribution >= 4 is 15.7 Å². The maximum atomic E-state index is 11.6. The molecule has 0 radical (unpaired) electrons. The average molecular weight is 300 g/mol. The lowest BCUT2D eigenvalue weighted by Gasteiger charge is -2.11. The highest BCUT2D eigenvalue weighted by atomic mass is 32.2. The van der Waals surface area contributed by atoms with Gasteiger partial charge in [0.15, 0.2) is 0 Å². The Kier molecular flexibility index (Phi) is 5.97. The Morgan fingerprint density at radius 2 is 1.95 bits per heavy atom. The maximum Gasteiger partial charge on any atom is 0.236 e. The van der Waals surface area contributed by atoms with Crippen molar-refractivity contribution in [2.75, 3.05) is 18.6 Å². The van der Waals surface area contributed by atoms with Gasteiger partial charge in [0, 0.05) is 12.8 Å². The minimum absolute atomic E-state index is 0.0977. The Morgan fingerprint density at radius 3 is 2.50 bits per heavy atom. The minimum Gasteiger partial charge on any atom is -0.508 e. The summed E-state index contributed by atoms with van der Waals surface area (Å²) in [6.07, 6.45) is 1.84. The van der Waals surface area contributed by atoms with E-state index in [9.17, 15) is 13.2 Å². The zero-order chi connectivity index (χ0) is 15.2. The van der Waals surface area contributed by atoms with Gasteiger partial charge in [-0.05, 0) is 30.5 Å². The van der Waals surface area contributed by atoms with Crippen molar-refractivity contribution in [2.45, 2.75) is 18.9 Å². The lowest BCUT2D eigenvalue weighted by Crippen LogP contribution is -2.42. The monoisotopic (exact) mass is 300 g/mol. The average Bonchev–Trinajstić information content (AvgIpc) is 2.37. The fourth-order valence-corrected chi connectivity index (χ4v) is 2.28. The summed E-state index contributed by atoms with van der Waals surface area (Å²) in [6, 6.07) is 5.88. The van der Waals surface area contributed by atoms with Crippen LogP contribution in [0.15, 0.2) is 24.3 Å². The lowest BCUT2D eigenvalue weighted by atomic mass is 10.1. The summed E-state index contributed by atoms with van der Waals surface area (Å²) in [7, 11) is -3.10. The van der Waals surface area contributed by atoms with E-state index in [0.717, 1.165) is 11.8 Å². The first-order valence-electron chi connectivity index (χ1n) is 6.27. The largest absolute Gasteiger partial charge is 0.508 e. The highest BCUT2D eigenvalue weighted by Gasteiger charge is 2.15. The topological polar surface area (TPSA) is 109 Å². The lowest BCUT2D eigenvalue weighted by molar-refractivity contribution is -0.122. The molecule has 0 fully saturated rings. The van der Waals surface area contributed by atoms with Crippen LogP contribution in [-0.2, 0) is 21.1 Å². The van der Waals surface area contributed by atoms with Crippen LogP contribution in [0.4, 0.5) is 0 Å². The summed E-state index contributed by atoms with van der Waals surface area (Å²) < 4.78 is 22.0. The van der Waals surface area contributed by atoms with E-state index in [2.05, 4.69) is 5.32 Å². The molecule has 0 heterocycles. The number of sulfone groups is 1. The van der Waals surface area contributed by atoms with Gasteiger partial charge in [0.2, 0.25) is 5.91 Å². The van der Waals surface area contributed by atoms with Gasteiger partial charge in [-0.1, -0.05) is 12.1 Å². The van der Waals surface area contributed by atoms with E-state index in [1.54, 1.807) is 24.3 Å². The van der Waals surface area contributed by atoms with Gasteiger partial charge in [-0.15, -0.1) is 0 Å². The molecule has 1 aromatic carbocycles. The molecule has 0 saturated carbocycles. The first kappa shape index (κ1) is 16.5. The van der Waals surface area contributed by atoms with Crippen LogP contribution in [0.1, 0.15) is 12.0 Å². The number of hydrogen-bond donors (Lipinski definition) is 3. The van der Waals surface area contributed by atoms with E-state index in [1.807, 2.05) is 0 Å². The summed E-state index contributed by atoms with van der Waals surface area (Å²) in [5.74, 6) is -0.257. The van der Waals surface area contributed by atoms with Crippen molar-refractivity contribution in [1.29, 1.82) is 0 Å². The molecule has 112 valence electrons.